The van der Waals surface area contributed by atoms with Crippen molar-refractivity contribution in [3.05, 3.63) is 108 Å². The predicted molar refractivity (Wildman–Crippen MR) is 121 cm³/mol. The Labute approximate surface area is 173 Å². The van der Waals surface area contributed by atoms with Gasteiger partial charge >= 0.3 is 0 Å². The molecular formula is C24H16N6. The fourth-order valence-corrected chi connectivity index (χ4v) is 3.70. The third-order valence-corrected chi connectivity index (χ3v) is 5.10. The molecule has 0 saturated heterocycles. The van der Waals surface area contributed by atoms with Gasteiger partial charge < -0.3 is 4.57 Å². The molecule has 30 heavy (non-hydrogen) atoms. The molecule has 5 aliphatic rings. The number of hydrogen-bond acceptors (Lipinski definition) is 5. The van der Waals surface area contributed by atoms with Gasteiger partial charge in [0.05, 0.1) is 45.6 Å². The fourth-order valence-electron chi connectivity index (χ4n) is 3.70. The molecule has 1 aromatic heterocycles. The lowest BCUT2D eigenvalue weighted by molar-refractivity contribution is 0.890. The minimum absolute atomic E-state index is 0.833. The molecule has 6 nitrogen and oxygen atoms in total. The van der Waals surface area contributed by atoms with Gasteiger partial charge in [-0.05, 0) is 66.8 Å². The zero-order valence-electron chi connectivity index (χ0n) is 16.2. The Bertz CT molecular complexity index is 1370. The topological polar surface area (TPSA) is 67.3 Å². The van der Waals surface area contributed by atoms with Crippen molar-refractivity contribution in [2.75, 3.05) is 0 Å². The second kappa shape index (κ2) is 6.42. The van der Waals surface area contributed by atoms with E-state index >= 15 is 0 Å². The molecule has 142 valence electrons. The highest BCUT2D eigenvalue weighted by Crippen LogP contribution is 2.30. The van der Waals surface area contributed by atoms with Crippen LogP contribution in [0, 0.1) is 0 Å². The van der Waals surface area contributed by atoms with E-state index in [0.29, 0.717) is 0 Å². The quantitative estimate of drug-likeness (QED) is 0.721. The fraction of sp³-hybridized carbons (Fsp3) is 0.0417. The number of hydrogen-bond donors (Lipinski definition) is 0. The monoisotopic (exact) mass is 388 g/mol. The third kappa shape index (κ3) is 2.95. The highest BCUT2D eigenvalue weighted by atomic mass is 15.0. The van der Waals surface area contributed by atoms with E-state index in [0.717, 1.165) is 57.0 Å². The van der Waals surface area contributed by atoms with Crippen LogP contribution in [-0.4, -0.2) is 32.4 Å². The molecule has 0 spiro atoms. The first-order valence-electron chi connectivity index (χ1n) is 9.65. The number of fused-ring (bicyclic) bond motifs is 4. The summed E-state index contributed by atoms with van der Waals surface area (Å²) in [5, 5.41) is 0. The summed E-state index contributed by atoms with van der Waals surface area (Å²) in [6.07, 6.45) is 25.6. The molecule has 0 N–H and O–H groups in total. The maximum absolute atomic E-state index is 4.84. The Kier molecular flexibility index (Phi) is 3.58. The van der Waals surface area contributed by atoms with Gasteiger partial charge in [0.15, 0.2) is 0 Å². The maximum atomic E-state index is 4.84. The number of imidazole rings is 1. The first kappa shape index (κ1) is 16.7. The molecule has 8 bridgehead atoms. The minimum Gasteiger partial charge on any atom is -0.334 e. The molecule has 6 rings (SSSR count). The lowest BCUT2D eigenvalue weighted by Crippen LogP contribution is -1.98. The van der Waals surface area contributed by atoms with Crippen LogP contribution in [-0.2, 0) is 7.05 Å². The van der Waals surface area contributed by atoms with Crippen LogP contribution in [0.15, 0.2) is 122 Å². The molecule has 0 atom stereocenters. The molecule has 0 unspecified atom stereocenters. The standard InChI is InChI=1S/C24H16N6/c1-30-9-8-25-24(30)22-13-21-12-19-5-4-17(27-19)10-15-2-3-16(26-15)11-18-6-7-20(28-18)14-23(22)29-21/h2-14H,1H3. The van der Waals surface area contributed by atoms with Crippen LogP contribution in [0.25, 0.3) is 5.57 Å². The van der Waals surface area contributed by atoms with Gasteiger partial charge in [0.25, 0.3) is 0 Å². The van der Waals surface area contributed by atoms with Gasteiger partial charge in [-0.3, -0.25) is 0 Å². The van der Waals surface area contributed by atoms with E-state index in [1.807, 2.05) is 84.6 Å². The second-order valence-corrected chi connectivity index (χ2v) is 7.30. The van der Waals surface area contributed by atoms with Gasteiger partial charge in [-0.2, -0.15) is 0 Å². The molecule has 0 aliphatic carbocycles. The second-order valence-electron chi connectivity index (χ2n) is 7.30. The Balaban J connectivity index is 1.52. The van der Waals surface area contributed by atoms with E-state index in [9.17, 15) is 0 Å². The van der Waals surface area contributed by atoms with Crippen LogP contribution >= 0.6 is 0 Å². The van der Waals surface area contributed by atoms with Crippen LogP contribution in [0.3, 0.4) is 0 Å². The van der Waals surface area contributed by atoms with Crippen LogP contribution in [0.1, 0.15) is 5.82 Å². The Hall–Kier alpha value is -4.19. The van der Waals surface area contributed by atoms with E-state index in [4.69, 9.17) is 9.98 Å². The van der Waals surface area contributed by atoms with Crippen LogP contribution in [0.4, 0.5) is 0 Å². The number of aliphatic imine (C=N–C) groups is 4. The first-order valence-corrected chi connectivity index (χ1v) is 9.65. The highest BCUT2D eigenvalue weighted by Gasteiger charge is 2.20. The van der Waals surface area contributed by atoms with Crippen molar-refractivity contribution in [2.45, 2.75) is 0 Å². The van der Waals surface area contributed by atoms with E-state index < -0.39 is 0 Å². The summed E-state index contributed by atoms with van der Waals surface area (Å²) in [6, 6.07) is 0. The van der Waals surface area contributed by atoms with Crippen molar-refractivity contribution < 1.29 is 0 Å². The minimum atomic E-state index is 0.833. The molecule has 0 saturated carbocycles. The van der Waals surface area contributed by atoms with Crippen molar-refractivity contribution in [2.24, 2.45) is 27.0 Å². The lowest BCUT2D eigenvalue weighted by Gasteiger charge is -2.03. The van der Waals surface area contributed by atoms with Crippen molar-refractivity contribution in [1.29, 1.82) is 0 Å². The largest absolute Gasteiger partial charge is 0.334 e. The Morgan fingerprint density at radius 1 is 0.600 bits per heavy atom. The summed E-state index contributed by atoms with van der Waals surface area (Å²) in [6.45, 7) is 0. The molecule has 1 aromatic rings. The van der Waals surface area contributed by atoms with Crippen molar-refractivity contribution in [3.63, 3.8) is 0 Å². The van der Waals surface area contributed by atoms with Crippen LogP contribution in [0.2, 0.25) is 0 Å². The average Bonchev–Trinajstić information content (AvgIpc) is 3.51. The molecule has 0 fully saturated rings. The zero-order chi connectivity index (χ0) is 20.1. The SMILES string of the molecule is Cn1ccnc1C1=CC2=NC1=CC1=NC(=CC3=NC(=CC4=NC(=C2)C=C4)C=C3)C=C1. The summed E-state index contributed by atoms with van der Waals surface area (Å²) in [5.74, 6) is 0.863. The first-order chi connectivity index (χ1) is 14.7. The van der Waals surface area contributed by atoms with Gasteiger partial charge in [-0.25, -0.2) is 25.0 Å². The smallest absolute Gasteiger partial charge is 0.141 e. The predicted octanol–water partition coefficient (Wildman–Crippen LogP) is 3.84. The Morgan fingerprint density at radius 3 is 1.73 bits per heavy atom. The summed E-state index contributed by atoms with van der Waals surface area (Å²) < 4.78 is 1.99. The van der Waals surface area contributed by atoms with E-state index in [1.165, 1.54) is 0 Å². The number of nitrogens with zero attached hydrogens (tertiary/aromatic N) is 6. The molecule has 0 radical (unpaired) electrons. The number of allylic oxidation sites excluding steroid dienone is 12. The van der Waals surface area contributed by atoms with Crippen molar-refractivity contribution in [3.8, 4) is 0 Å². The maximum Gasteiger partial charge on any atom is 0.141 e. The van der Waals surface area contributed by atoms with Crippen molar-refractivity contribution >= 4 is 28.4 Å². The van der Waals surface area contributed by atoms with Gasteiger partial charge in [-0.15, -0.1) is 0 Å². The van der Waals surface area contributed by atoms with Crippen LogP contribution in [0.5, 0.6) is 0 Å². The van der Waals surface area contributed by atoms with E-state index in [2.05, 4.69) is 15.0 Å². The normalized spacial score (nSPS) is 20.9. The summed E-state index contributed by atoms with van der Waals surface area (Å²) in [5.41, 5.74) is 7.82. The van der Waals surface area contributed by atoms with Crippen molar-refractivity contribution in [1.82, 2.24) is 9.55 Å². The van der Waals surface area contributed by atoms with Gasteiger partial charge in [-0.1, -0.05) is 0 Å². The molecule has 0 aromatic carbocycles. The number of aromatic nitrogens is 2. The highest BCUT2D eigenvalue weighted by molar-refractivity contribution is 6.18. The Morgan fingerprint density at radius 2 is 1.17 bits per heavy atom. The molecule has 6 heterocycles. The third-order valence-electron chi connectivity index (χ3n) is 5.10. The zero-order valence-corrected chi connectivity index (χ0v) is 16.2. The van der Waals surface area contributed by atoms with Gasteiger partial charge in [0.2, 0.25) is 0 Å². The van der Waals surface area contributed by atoms with E-state index in [-0.39, 0.29) is 0 Å². The molecule has 5 aliphatic heterocycles. The van der Waals surface area contributed by atoms with E-state index in [1.54, 1.807) is 6.20 Å². The summed E-state index contributed by atoms with van der Waals surface area (Å²) in [4.78, 5) is 23.4. The average molecular weight is 388 g/mol. The van der Waals surface area contributed by atoms with Crippen LogP contribution < -0.4 is 0 Å². The van der Waals surface area contributed by atoms with Gasteiger partial charge in [0, 0.05) is 25.0 Å². The van der Waals surface area contributed by atoms with Gasteiger partial charge in [0.1, 0.15) is 5.82 Å². The number of rotatable bonds is 1. The lowest BCUT2D eigenvalue weighted by atomic mass is 10.1. The number of aryl methyl sites for hydroxylation is 1. The molecule has 0 amide bonds. The molecular weight excluding hydrogens is 372 g/mol. The molecule has 6 heteroatoms. The summed E-state index contributed by atoms with van der Waals surface area (Å²) >= 11 is 0. The summed E-state index contributed by atoms with van der Waals surface area (Å²) in [7, 11) is 1.98.